The topological polar surface area (TPSA) is 70.9 Å². The number of hydrogen-bond donors (Lipinski definition) is 3. The molecule has 2 unspecified atom stereocenters. The monoisotopic (exact) mass is 285 g/mol. The van der Waals surface area contributed by atoms with Crippen LogP contribution in [0.5, 0.6) is 0 Å². The molecule has 0 aromatic carbocycles. The highest BCUT2D eigenvalue weighted by Crippen LogP contribution is 2.17. The van der Waals surface area contributed by atoms with Gasteiger partial charge in [-0.2, -0.15) is 0 Å². The zero-order valence-corrected chi connectivity index (χ0v) is 10.6. The van der Waals surface area contributed by atoms with Gasteiger partial charge in [0.05, 0.1) is 0 Å². The average molecular weight is 286 g/mol. The highest BCUT2D eigenvalue weighted by molar-refractivity contribution is 9.10. The summed E-state index contributed by atoms with van der Waals surface area (Å²) in [5.41, 5.74) is 6.55. The number of hydrogen-bond acceptors (Lipinski definition) is 2. The first-order valence-corrected chi connectivity index (χ1v) is 6.36. The van der Waals surface area contributed by atoms with Gasteiger partial charge in [0, 0.05) is 22.8 Å². The maximum Gasteiger partial charge on any atom is 0.268 e. The number of nitrogens with one attached hydrogen (secondary N) is 2. The van der Waals surface area contributed by atoms with E-state index in [9.17, 15) is 4.79 Å². The smallest absolute Gasteiger partial charge is 0.268 e. The second kappa shape index (κ2) is 5.01. The van der Waals surface area contributed by atoms with Crippen molar-refractivity contribution in [2.45, 2.75) is 37.8 Å². The number of nitrogens with two attached hydrogens (primary N) is 1. The van der Waals surface area contributed by atoms with Crippen LogP contribution >= 0.6 is 15.9 Å². The molecule has 5 heteroatoms. The molecule has 0 aliphatic heterocycles. The minimum Gasteiger partial charge on any atom is -0.356 e. The highest BCUT2D eigenvalue weighted by atomic mass is 79.9. The molecule has 2 rings (SSSR count). The summed E-state index contributed by atoms with van der Waals surface area (Å²) in [5.74, 6) is -0.0759. The Morgan fingerprint density at radius 2 is 2.25 bits per heavy atom. The molecule has 1 amide bonds. The number of aromatic nitrogens is 1. The molecule has 4 N–H and O–H groups in total. The average Bonchev–Trinajstić information content (AvgIpc) is 2.68. The van der Waals surface area contributed by atoms with Crippen molar-refractivity contribution in [2.75, 3.05) is 0 Å². The number of aromatic amines is 1. The Balaban J connectivity index is 1.96. The molecule has 88 valence electrons. The first-order chi connectivity index (χ1) is 7.66. The Hall–Kier alpha value is -0.810. The van der Waals surface area contributed by atoms with E-state index in [1.165, 1.54) is 6.42 Å². The number of carbonyl (C=O) groups is 1. The quantitative estimate of drug-likeness (QED) is 0.775. The molecule has 16 heavy (non-hydrogen) atoms. The second-order valence-electron chi connectivity index (χ2n) is 4.26. The molecular weight excluding hydrogens is 270 g/mol. The van der Waals surface area contributed by atoms with Gasteiger partial charge in [0.2, 0.25) is 0 Å². The van der Waals surface area contributed by atoms with Gasteiger partial charge in [0.25, 0.3) is 5.91 Å². The van der Waals surface area contributed by atoms with Crippen LogP contribution in [0.2, 0.25) is 0 Å². The summed E-state index contributed by atoms with van der Waals surface area (Å²) in [5, 5.41) is 2.98. The van der Waals surface area contributed by atoms with Crippen molar-refractivity contribution in [2.24, 2.45) is 5.73 Å². The summed E-state index contributed by atoms with van der Waals surface area (Å²) in [7, 11) is 0. The van der Waals surface area contributed by atoms with Gasteiger partial charge in [-0.05, 0) is 34.8 Å². The lowest BCUT2D eigenvalue weighted by atomic mass is 9.91. The van der Waals surface area contributed by atoms with Crippen molar-refractivity contribution in [1.82, 2.24) is 10.3 Å². The fourth-order valence-corrected chi connectivity index (χ4v) is 2.43. The summed E-state index contributed by atoms with van der Waals surface area (Å²) in [6.07, 6.45) is 6.04. The van der Waals surface area contributed by atoms with Crippen molar-refractivity contribution in [1.29, 1.82) is 0 Å². The van der Waals surface area contributed by atoms with Crippen molar-refractivity contribution < 1.29 is 4.79 Å². The van der Waals surface area contributed by atoms with Crippen LogP contribution in [0.1, 0.15) is 36.2 Å². The van der Waals surface area contributed by atoms with Gasteiger partial charge in [-0.25, -0.2) is 0 Å². The fraction of sp³-hybridized carbons (Fsp3) is 0.545. The predicted octanol–water partition coefficient (Wildman–Crippen LogP) is 1.78. The Bertz CT molecular complexity index is 377. The maximum absolute atomic E-state index is 11.9. The summed E-state index contributed by atoms with van der Waals surface area (Å²) >= 11 is 3.30. The van der Waals surface area contributed by atoms with Crippen molar-refractivity contribution in [3.63, 3.8) is 0 Å². The Kier molecular flexibility index (Phi) is 3.66. The van der Waals surface area contributed by atoms with Gasteiger partial charge in [0.1, 0.15) is 5.69 Å². The summed E-state index contributed by atoms with van der Waals surface area (Å²) in [6, 6.07) is 1.98. The molecule has 0 saturated heterocycles. The normalized spacial score (nSPS) is 25.4. The van der Waals surface area contributed by atoms with Crippen LogP contribution in [0.3, 0.4) is 0 Å². The molecule has 1 aliphatic carbocycles. The van der Waals surface area contributed by atoms with Crippen LogP contribution in [-0.2, 0) is 0 Å². The first kappa shape index (κ1) is 11.7. The van der Waals surface area contributed by atoms with Crippen LogP contribution in [0.15, 0.2) is 16.7 Å². The molecule has 1 fully saturated rings. The molecule has 0 bridgehead atoms. The number of H-pyrrole nitrogens is 1. The van der Waals surface area contributed by atoms with Gasteiger partial charge in [-0.15, -0.1) is 0 Å². The molecule has 4 nitrogen and oxygen atoms in total. The molecule has 1 aromatic heterocycles. The van der Waals surface area contributed by atoms with Crippen LogP contribution in [0.4, 0.5) is 0 Å². The van der Waals surface area contributed by atoms with Crippen molar-refractivity contribution >= 4 is 21.8 Å². The van der Waals surface area contributed by atoms with Crippen molar-refractivity contribution in [3.8, 4) is 0 Å². The Morgan fingerprint density at radius 3 is 2.88 bits per heavy atom. The van der Waals surface area contributed by atoms with Gasteiger partial charge in [0.15, 0.2) is 0 Å². The van der Waals surface area contributed by atoms with Crippen LogP contribution in [0, 0.1) is 0 Å². The molecule has 0 spiro atoms. The van der Waals surface area contributed by atoms with E-state index < -0.39 is 0 Å². The zero-order chi connectivity index (χ0) is 11.5. The standard InChI is InChI=1S/C11H16BrN3O/c12-7-5-10(14-6-7)11(16)15-9-4-2-1-3-8(9)13/h5-6,8-9,14H,1-4,13H2,(H,15,16). The number of rotatable bonds is 2. The van der Waals surface area contributed by atoms with Gasteiger partial charge < -0.3 is 16.0 Å². The van der Waals surface area contributed by atoms with Gasteiger partial charge in [-0.1, -0.05) is 12.8 Å². The molecule has 1 aliphatic rings. The van der Waals surface area contributed by atoms with Gasteiger partial charge in [-0.3, -0.25) is 4.79 Å². The summed E-state index contributed by atoms with van der Waals surface area (Å²) in [4.78, 5) is 14.8. The first-order valence-electron chi connectivity index (χ1n) is 5.57. The number of amides is 1. The van der Waals surface area contributed by atoms with Crippen molar-refractivity contribution in [3.05, 3.63) is 22.4 Å². The molecule has 1 heterocycles. The number of halogens is 1. The van der Waals surface area contributed by atoms with Crippen LogP contribution in [-0.4, -0.2) is 23.0 Å². The fourth-order valence-electron chi connectivity index (χ4n) is 2.08. The van der Waals surface area contributed by atoms with E-state index in [4.69, 9.17) is 5.73 Å². The minimum atomic E-state index is -0.0759. The molecular formula is C11H16BrN3O. The van der Waals surface area contributed by atoms with E-state index >= 15 is 0 Å². The lowest BCUT2D eigenvalue weighted by Gasteiger charge is -2.29. The largest absolute Gasteiger partial charge is 0.356 e. The Morgan fingerprint density at radius 1 is 1.50 bits per heavy atom. The van der Waals surface area contributed by atoms with E-state index in [0.717, 1.165) is 23.7 Å². The summed E-state index contributed by atoms with van der Waals surface area (Å²) in [6.45, 7) is 0. The maximum atomic E-state index is 11.9. The lowest BCUT2D eigenvalue weighted by molar-refractivity contribution is 0.0917. The van der Waals surface area contributed by atoms with Crippen LogP contribution in [0.25, 0.3) is 0 Å². The van der Waals surface area contributed by atoms with Gasteiger partial charge >= 0.3 is 0 Å². The third-order valence-corrected chi connectivity index (χ3v) is 3.49. The van der Waals surface area contributed by atoms with E-state index in [2.05, 4.69) is 26.2 Å². The number of carbonyl (C=O) groups excluding carboxylic acids is 1. The molecule has 1 aromatic rings. The third-order valence-electron chi connectivity index (χ3n) is 3.03. The molecule has 2 atom stereocenters. The molecule has 1 saturated carbocycles. The molecule has 0 radical (unpaired) electrons. The Labute approximate surface area is 103 Å². The van der Waals surface area contributed by atoms with E-state index in [1.54, 1.807) is 12.3 Å². The van der Waals surface area contributed by atoms with Crippen LogP contribution < -0.4 is 11.1 Å². The predicted molar refractivity (Wildman–Crippen MR) is 66.2 cm³/mol. The summed E-state index contributed by atoms with van der Waals surface area (Å²) < 4.78 is 0.880. The van der Waals surface area contributed by atoms with E-state index in [0.29, 0.717) is 5.69 Å². The lowest BCUT2D eigenvalue weighted by Crippen LogP contribution is -2.49. The third kappa shape index (κ3) is 2.65. The SMILES string of the molecule is NC1CCCCC1NC(=O)c1cc(Br)c[nH]1. The minimum absolute atomic E-state index is 0.0759. The van der Waals surface area contributed by atoms with E-state index in [-0.39, 0.29) is 18.0 Å². The second-order valence-corrected chi connectivity index (χ2v) is 5.18. The van der Waals surface area contributed by atoms with E-state index in [1.807, 2.05) is 0 Å². The highest BCUT2D eigenvalue weighted by Gasteiger charge is 2.23. The zero-order valence-electron chi connectivity index (χ0n) is 9.00.